The summed E-state index contributed by atoms with van der Waals surface area (Å²) in [5.74, 6) is 3.32. The molecule has 0 saturated carbocycles. The predicted octanol–water partition coefficient (Wildman–Crippen LogP) is 3.92. The first-order valence-electron chi connectivity index (χ1n) is 8.61. The number of benzene rings is 2. The molecule has 6 heteroatoms. The Morgan fingerprint density at radius 1 is 1.29 bits per heavy atom. The van der Waals surface area contributed by atoms with E-state index in [0.717, 1.165) is 5.56 Å². The van der Waals surface area contributed by atoms with Gasteiger partial charge in [0.25, 0.3) is 5.91 Å². The van der Waals surface area contributed by atoms with Gasteiger partial charge in [0.1, 0.15) is 6.61 Å². The maximum Gasteiger partial charge on any atom is 0.265 e. The Labute approximate surface area is 170 Å². The highest BCUT2D eigenvalue weighted by Gasteiger charge is 2.20. The van der Waals surface area contributed by atoms with Crippen LogP contribution in [0.5, 0.6) is 11.5 Å². The van der Waals surface area contributed by atoms with Crippen LogP contribution in [-0.2, 0) is 16.0 Å². The van der Waals surface area contributed by atoms with Crippen LogP contribution in [0.3, 0.4) is 0 Å². The standard InChI is InChI=1S/C22H22ClNO4/c1-4-14-28-19-11-6-16(15-20(19)26-3)12-13-24-22(25)21(27-5-2)17-7-9-18(23)10-8-17/h1,5-11,15,21H,2,12-14H2,3H3,(H,24,25). The number of hydrogen-bond acceptors (Lipinski definition) is 4. The number of nitrogens with one attached hydrogen (secondary N) is 1. The smallest absolute Gasteiger partial charge is 0.265 e. The number of ether oxygens (including phenoxy) is 3. The number of hydrogen-bond donors (Lipinski definition) is 1. The lowest BCUT2D eigenvalue weighted by Gasteiger charge is -2.17. The average molecular weight is 400 g/mol. The minimum absolute atomic E-state index is 0.168. The van der Waals surface area contributed by atoms with E-state index in [1.807, 2.05) is 12.1 Å². The van der Waals surface area contributed by atoms with Crippen LogP contribution in [0.2, 0.25) is 5.02 Å². The summed E-state index contributed by atoms with van der Waals surface area (Å²) in [5, 5.41) is 3.46. The molecule has 0 aliphatic rings. The predicted molar refractivity (Wildman–Crippen MR) is 110 cm³/mol. The van der Waals surface area contributed by atoms with E-state index < -0.39 is 6.10 Å². The van der Waals surface area contributed by atoms with Crippen molar-refractivity contribution < 1.29 is 19.0 Å². The molecule has 5 nitrogen and oxygen atoms in total. The second kappa shape index (κ2) is 10.9. The van der Waals surface area contributed by atoms with Crippen molar-refractivity contribution in [3.8, 4) is 23.8 Å². The SMILES string of the molecule is C#CCOc1ccc(CCNC(=O)C(OC=C)c2ccc(Cl)cc2)cc1OC. The van der Waals surface area contributed by atoms with Crippen LogP contribution in [-0.4, -0.2) is 26.2 Å². The second-order valence-electron chi connectivity index (χ2n) is 5.75. The Morgan fingerprint density at radius 2 is 2.04 bits per heavy atom. The van der Waals surface area contributed by atoms with Crippen LogP contribution in [0.1, 0.15) is 17.2 Å². The van der Waals surface area contributed by atoms with Gasteiger partial charge >= 0.3 is 0 Å². The lowest BCUT2D eigenvalue weighted by atomic mass is 10.1. The lowest BCUT2D eigenvalue weighted by molar-refractivity contribution is -0.130. The highest BCUT2D eigenvalue weighted by Crippen LogP contribution is 2.28. The summed E-state index contributed by atoms with van der Waals surface area (Å²) in [4.78, 5) is 12.5. The fourth-order valence-corrected chi connectivity index (χ4v) is 2.68. The van der Waals surface area contributed by atoms with Gasteiger partial charge in [-0.1, -0.05) is 42.3 Å². The molecule has 0 radical (unpaired) electrons. The van der Waals surface area contributed by atoms with Gasteiger partial charge in [-0.15, -0.1) is 6.42 Å². The minimum Gasteiger partial charge on any atom is -0.493 e. The van der Waals surface area contributed by atoms with Crippen molar-refractivity contribution in [3.63, 3.8) is 0 Å². The van der Waals surface area contributed by atoms with E-state index in [2.05, 4.69) is 17.8 Å². The zero-order valence-corrected chi connectivity index (χ0v) is 16.4. The molecule has 0 saturated heterocycles. The molecule has 0 heterocycles. The van der Waals surface area contributed by atoms with Gasteiger partial charge in [-0.2, -0.15) is 0 Å². The average Bonchev–Trinajstić information content (AvgIpc) is 2.71. The number of terminal acetylenes is 1. The van der Waals surface area contributed by atoms with Gasteiger partial charge in [-0.05, 0) is 36.2 Å². The highest BCUT2D eigenvalue weighted by atomic mass is 35.5. The maximum absolute atomic E-state index is 12.5. The van der Waals surface area contributed by atoms with Gasteiger partial charge in [0.05, 0.1) is 13.4 Å². The fourth-order valence-electron chi connectivity index (χ4n) is 2.55. The number of methoxy groups -OCH3 is 1. The number of amides is 1. The third-order valence-corrected chi connectivity index (χ3v) is 4.15. The van der Waals surface area contributed by atoms with Gasteiger partial charge < -0.3 is 19.5 Å². The molecule has 0 aromatic heterocycles. The van der Waals surface area contributed by atoms with Crippen LogP contribution in [0.25, 0.3) is 0 Å². The summed E-state index contributed by atoms with van der Waals surface area (Å²) in [6, 6.07) is 12.5. The van der Waals surface area contributed by atoms with Crippen molar-refractivity contribution in [1.29, 1.82) is 0 Å². The Balaban J connectivity index is 1.97. The zero-order chi connectivity index (χ0) is 20.4. The van der Waals surface area contributed by atoms with Gasteiger partial charge in [-0.3, -0.25) is 4.79 Å². The molecule has 2 aromatic carbocycles. The molecule has 2 aromatic rings. The number of halogens is 1. The summed E-state index contributed by atoms with van der Waals surface area (Å²) >= 11 is 5.90. The topological polar surface area (TPSA) is 56.8 Å². The van der Waals surface area contributed by atoms with E-state index in [9.17, 15) is 4.79 Å². The summed E-state index contributed by atoms with van der Waals surface area (Å²) in [6.45, 7) is 4.13. The molecule has 1 atom stereocenters. The van der Waals surface area contributed by atoms with Crippen molar-refractivity contribution in [2.45, 2.75) is 12.5 Å². The Hall–Kier alpha value is -3.10. The highest BCUT2D eigenvalue weighted by molar-refractivity contribution is 6.30. The molecular formula is C22H22ClNO4. The maximum atomic E-state index is 12.5. The van der Waals surface area contributed by atoms with Crippen LogP contribution in [0, 0.1) is 12.3 Å². The lowest BCUT2D eigenvalue weighted by Crippen LogP contribution is -2.31. The van der Waals surface area contributed by atoms with Crippen molar-refractivity contribution in [3.05, 3.63) is 71.5 Å². The van der Waals surface area contributed by atoms with E-state index in [0.29, 0.717) is 35.1 Å². The number of carbonyl (C=O) groups excluding carboxylic acids is 1. The van der Waals surface area contributed by atoms with Crippen molar-refractivity contribution in [2.24, 2.45) is 0 Å². The molecule has 0 aliphatic carbocycles. The van der Waals surface area contributed by atoms with Crippen LogP contribution in [0.15, 0.2) is 55.3 Å². The van der Waals surface area contributed by atoms with Gasteiger partial charge in [0.15, 0.2) is 11.5 Å². The molecule has 1 unspecified atom stereocenters. The van der Waals surface area contributed by atoms with Crippen molar-refractivity contribution in [2.75, 3.05) is 20.3 Å². The van der Waals surface area contributed by atoms with Crippen molar-refractivity contribution >= 4 is 17.5 Å². The van der Waals surface area contributed by atoms with E-state index in [1.165, 1.54) is 6.26 Å². The van der Waals surface area contributed by atoms with Crippen LogP contribution in [0.4, 0.5) is 0 Å². The zero-order valence-electron chi connectivity index (χ0n) is 15.6. The number of carbonyl (C=O) groups is 1. The molecule has 0 spiro atoms. The normalized spacial score (nSPS) is 11.0. The molecule has 1 amide bonds. The van der Waals surface area contributed by atoms with E-state index in [1.54, 1.807) is 37.4 Å². The summed E-state index contributed by atoms with van der Waals surface area (Å²) in [5.41, 5.74) is 1.68. The quantitative estimate of drug-likeness (QED) is 0.486. The molecular weight excluding hydrogens is 378 g/mol. The Kier molecular flexibility index (Phi) is 8.26. The van der Waals surface area contributed by atoms with Crippen LogP contribution >= 0.6 is 11.6 Å². The summed E-state index contributed by atoms with van der Waals surface area (Å²) in [7, 11) is 1.56. The van der Waals surface area contributed by atoms with Gasteiger partial charge in [-0.25, -0.2) is 0 Å². The summed E-state index contributed by atoms with van der Waals surface area (Å²) < 4.78 is 16.1. The molecule has 146 valence electrons. The fraction of sp³-hybridized carbons (Fsp3) is 0.227. The number of rotatable bonds is 10. The first kappa shape index (κ1) is 21.2. The molecule has 0 bridgehead atoms. The third-order valence-electron chi connectivity index (χ3n) is 3.90. The van der Waals surface area contributed by atoms with E-state index >= 15 is 0 Å². The first-order chi connectivity index (χ1) is 13.6. The molecule has 1 N–H and O–H groups in total. The molecule has 0 fully saturated rings. The second-order valence-corrected chi connectivity index (χ2v) is 6.19. The van der Waals surface area contributed by atoms with Crippen molar-refractivity contribution in [1.82, 2.24) is 5.32 Å². The Bertz CT molecular complexity index is 843. The molecule has 2 rings (SSSR count). The summed E-state index contributed by atoms with van der Waals surface area (Å²) in [6.07, 6.45) is 6.28. The monoisotopic (exact) mass is 399 g/mol. The van der Waals surface area contributed by atoms with Crippen LogP contribution < -0.4 is 14.8 Å². The Morgan fingerprint density at radius 3 is 2.68 bits per heavy atom. The molecule has 28 heavy (non-hydrogen) atoms. The minimum atomic E-state index is -0.788. The van der Waals surface area contributed by atoms with E-state index in [4.69, 9.17) is 32.2 Å². The van der Waals surface area contributed by atoms with E-state index in [-0.39, 0.29) is 12.5 Å². The van der Waals surface area contributed by atoms with Gasteiger partial charge in [0.2, 0.25) is 6.10 Å². The largest absolute Gasteiger partial charge is 0.493 e. The van der Waals surface area contributed by atoms with Gasteiger partial charge in [0, 0.05) is 17.1 Å². The first-order valence-corrected chi connectivity index (χ1v) is 8.99. The third kappa shape index (κ3) is 5.97. The molecule has 0 aliphatic heterocycles.